The van der Waals surface area contributed by atoms with Gasteiger partial charge in [-0.15, -0.1) is 13.2 Å². The molecule has 1 aliphatic rings. The predicted molar refractivity (Wildman–Crippen MR) is 67.6 cm³/mol. The standard InChI is InChI=1S/C9H8O2.C3H8.C2H4/c10-9-8-4-2-1-3-7(8)5-6-11-9;1-3-2;1-2/h1-4H,5-6H2;3H2,1-2H3;1-2H2. The molecule has 0 atom stereocenters. The zero-order valence-corrected chi connectivity index (χ0v) is 10.2. The Morgan fingerprint density at radius 1 is 1.25 bits per heavy atom. The fourth-order valence-corrected chi connectivity index (χ4v) is 1.27. The Morgan fingerprint density at radius 3 is 2.38 bits per heavy atom. The SMILES string of the molecule is C=C.CCC.O=C1OCCc2ccccc21. The number of carbonyl (C=O) groups excluding carboxylic acids is 1. The highest BCUT2D eigenvalue weighted by atomic mass is 16.5. The van der Waals surface area contributed by atoms with E-state index in [1.165, 1.54) is 6.42 Å². The number of ether oxygens (including phenoxy) is 1. The van der Waals surface area contributed by atoms with Crippen molar-refractivity contribution in [3.8, 4) is 0 Å². The third-order valence-corrected chi connectivity index (χ3v) is 1.84. The molecule has 0 aliphatic carbocycles. The van der Waals surface area contributed by atoms with Gasteiger partial charge in [-0.2, -0.15) is 0 Å². The van der Waals surface area contributed by atoms with Crippen LogP contribution in [0.15, 0.2) is 37.4 Å². The molecule has 1 aromatic rings. The van der Waals surface area contributed by atoms with E-state index < -0.39 is 0 Å². The minimum absolute atomic E-state index is 0.188. The van der Waals surface area contributed by atoms with Crippen LogP contribution in [-0.4, -0.2) is 12.6 Å². The smallest absolute Gasteiger partial charge is 0.338 e. The van der Waals surface area contributed by atoms with Crippen LogP contribution in [0.3, 0.4) is 0 Å². The van der Waals surface area contributed by atoms with Crippen molar-refractivity contribution < 1.29 is 9.53 Å². The van der Waals surface area contributed by atoms with E-state index in [0.29, 0.717) is 6.61 Å². The molecule has 2 rings (SSSR count). The van der Waals surface area contributed by atoms with Crippen LogP contribution < -0.4 is 0 Å². The van der Waals surface area contributed by atoms with Gasteiger partial charge in [-0.25, -0.2) is 4.79 Å². The number of cyclic esters (lactones) is 1. The van der Waals surface area contributed by atoms with E-state index in [1.54, 1.807) is 6.07 Å². The molecule has 0 bridgehead atoms. The number of hydrogen-bond acceptors (Lipinski definition) is 2. The molecule has 0 unspecified atom stereocenters. The molecule has 0 fully saturated rings. The lowest BCUT2D eigenvalue weighted by atomic mass is 10.0. The van der Waals surface area contributed by atoms with Crippen LogP contribution in [0.1, 0.15) is 36.2 Å². The van der Waals surface area contributed by atoms with E-state index in [0.717, 1.165) is 17.5 Å². The molecule has 88 valence electrons. The molecule has 0 amide bonds. The second kappa shape index (κ2) is 8.72. The van der Waals surface area contributed by atoms with Gasteiger partial charge in [-0.1, -0.05) is 38.5 Å². The van der Waals surface area contributed by atoms with Crippen LogP contribution in [0.5, 0.6) is 0 Å². The minimum atomic E-state index is -0.188. The molecule has 0 spiro atoms. The zero-order chi connectivity index (χ0) is 12.4. The number of esters is 1. The van der Waals surface area contributed by atoms with E-state index in [2.05, 4.69) is 27.0 Å². The van der Waals surface area contributed by atoms with Gasteiger partial charge >= 0.3 is 5.97 Å². The molecule has 16 heavy (non-hydrogen) atoms. The van der Waals surface area contributed by atoms with Crippen LogP contribution in [0.25, 0.3) is 0 Å². The van der Waals surface area contributed by atoms with Crippen LogP contribution in [-0.2, 0) is 11.2 Å². The van der Waals surface area contributed by atoms with Crippen molar-refractivity contribution in [3.63, 3.8) is 0 Å². The first-order valence-electron chi connectivity index (χ1n) is 5.54. The van der Waals surface area contributed by atoms with Crippen molar-refractivity contribution in [1.29, 1.82) is 0 Å². The summed E-state index contributed by atoms with van der Waals surface area (Å²) in [7, 11) is 0. The summed E-state index contributed by atoms with van der Waals surface area (Å²) in [5.41, 5.74) is 1.82. The fourth-order valence-electron chi connectivity index (χ4n) is 1.27. The first-order valence-corrected chi connectivity index (χ1v) is 5.54. The maximum atomic E-state index is 11.1. The van der Waals surface area contributed by atoms with Crippen molar-refractivity contribution in [2.24, 2.45) is 0 Å². The molecular formula is C14H20O2. The lowest BCUT2D eigenvalue weighted by Gasteiger charge is -2.14. The van der Waals surface area contributed by atoms with Crippen LogP contribution in [0, 0.1) is 0 Å². The van der Waals surface area contributed by atoms with Crippen molar-refractivity contribution >= 4 is 5.97 Å². The van der Waals surface area contributed by atoms with Gasteiger partial charge in [0.15, 0.2) is 0 Å². The summed E-state index contributed by atoms with van der Waals surface area (Å²) in [6.07, 6.45) is 2.10. The van der Waals surface area contributed by atoms with Gasteiger partial charge in [0.25, 0.3) is 0 Å². The average molecular weight is 220 g/mol. The van der Waals surface area contributed by atoms with Gasteiger partial charge < -0.3 is 4.74 Å². The zero-order valence-electron chi connectivity index (χ0n) is 10.2. The van der Waals surface area contributed by atoms with Crippen molar-refractivity contribution in [1.82, 2.24) is 0 Å². The molecule has 2 heteroatoms. The first kappa shape index (κ1) is 14.4. The molecular weight excluding hydrogens is 200 g/mol. The second-order valence-electron chi connectivity index (χ2n) is 3.25. The molecule has 0 saturated carbocycles. The van der Waals surface area contributed by atoms with Gasteiger partial charge in [0, 0.05) is 6.42 Å². The highest BCUT2D eigenvalue weighted by Crippen LogP contribution is 2.15. The summed E-state index contributed by atoms with van der Waals surface area (Å²) in [6, 6.07) is 7.56. The number of carbonyl (C=O) groups is 1. The second-order valence-corrected chi connectivity index (χ2v) is 3.25. The van der Waals surface area contributed by atoms with E-state index in [-0.39, 0.29) is 5.97 Å². The summed E-state index contributed by atoms with van der Waals surface area (Å²) < 4.78 is 4.87. The van der Waals surface area contributed by atoms with E-state index in [1.807, 2.05) is 18.2 Å². The number of rotatable bonds is 0. The molecule has 1 aliphatic heterocycles. The first-order chi connectivity index (χ1) is 7.79. The van der Waals surface area contributed by atoms with Gasteiger partial charge in [-0.3, -0.25) is 0 Å². The number of fused-ring (bicyclic) bond motifs is 1. The number of benzene rings is 1. The Hall–Kier alpha value is -1.57. The molecule has 0 saturated heterocycles. The molecule has 2 nitrogen and oxygen atoms in total. The van der Waals surface area contributed by atoms with E-state index >= 15 is 0 Å². The summed E-state index contributed by atoms with van der Waals surface area (Å²) in [4.78, 5) is 11.1. The molecule has 0 radical (unpaired) electrons. The van der Waals surface area contributed by atoms with Gasteiger partial charge in [0.1, 0.15) is 0 Å². The Morgan fingerprint density at radius 2 is 1.81 bits per heavy atom. The maximum Gasteiger partial charge on any atom is 0.338 e. The molecule has 1 aromatic carbocycles. The lowest BCUT2D eigenvalue weighted by Crippen LogP contribution is -2.16. The summed E-state index contributed by atoms with van der Waals surface area (Å²) >= 11 is 0. The molecule has 1 heterocycles. The highest BCUT2D eigenvalue weighted by molar-refractivity contribution is 5.91. The van der Waals surface area contributed by atoms with Crippen LogP contribution in [0.2, 0.25) is 0 Å². The van der Waals surface area contributed by atoms with Crippen LogP contribution >= 0.6 is 0 Å². The van der Waals surface area contributed by atoms with Crippen molar-refractivity contribution in [2.45, 2.75) is 26.7 Å². The lowest BCUT2D eigenvalue weighted by molar-refractivity contribution is 0.0480. The minimum Gasteiger partial charge on any atom is -0.462 e. The number of hydrogen-bond donors (Lipinski definition) is 0. The third kappa shape index (κ3) is 4.30. The normalized spacial score (nSPS) is 12.0. The maximum absolute atomic E-state index is 11.1. The van der Waals surface area contributed by atoms with Gasteiger partial charge in [0.05, 0.1) is 12.2 Å². The summed E-state index contributed by atoms with van der Waals surface area (Å²) in [6.45, 7) is 10.8. The van der Waals surface area contributed by atoms with Gasteiger partial charge in [0.2, 0.25) is 0 Å². The Bertz CT molecular complexity index is 318. The summed E-state index contributed by atoms with van der Waals surface area (Å²) in [5.74, 6) is -0.188. The average Bonchev–Trinajstić information content (AvgIpc) is 2.33. The van der Waals surface area contributed by atoms with E-state index in [9.17, 15) is 4.79 Å². The van der Waals surface area contributed by atoms with Gasteiger partial charge in [-0.05, 0) is 11.6 Å². The Balaban J connectivity index is 0.000000394. The van der Waals surface area contributed by atoms with E-state index in [4.69, 9.17) is 4.74 Å². The van der Waals surface area contributed by atoms with Crippen molar-refractivity contribution in [2.75, 3.05) is 6.61 Å². The van der Waals surface area contributed by atoms with Crippen molar-refractivity contribution in [3.05, 3.63) is 48.6 Å². The molecule has 0 aromatic heterocycles. The predicted octanol–water partition coefficient (Wildman–Crippen LogP) is 3.62. The largest absolute Gasteiger partial charge is 0.462 e. The topological polar surface area (TPSA) is 26.3 Å². The Kier molecular flexibility index (Phi) is 7.86. The molecule has 0 N–H and O–H groups in total. The third-order valence-electron chi connectivity index (χ3n) is 1.84. The van der Waals surface area contributed by atoms with Crippen LogP contribution in [0.4, 0.5) is 0 Å². The Labute approximate surface area is 97.9 Å². The summed E-state index contributed by atoms with van der Waals surface area (Å²) in [5, 5.41) is 0. The highest BCUT2D eigenvalue weighted by Gasteiger charge is 2.16. The monoisotopic (exact) mass is 220 g/mol. The quantitative estimate of drug-likeness (QED) is 0.493. The fraction of sp³-hybridized carbons (Fsp3) is 0.357.